The molecule has 0 saturated carbocycles. The van der Waals surface area contributed by atoms with E-state index in [-0.39, 0.29) is 17.3 Å². The van der Waals surface area contributed by atoms with Crippen LogP contribution in [0.3, 0.4) is 0 Å². The zero-order chi connectivity index (χ0) is 14.1. The van der Waals surface area contributed by atoms with Crippen molar-refractivity contribution in [3.8, 4) is 0 Å². The summed E-state index contributed by atoms with van der Waals surface area (Å²) in [5, 5.41) is 1.42. The second-order valence-corrected chi connectivity index (χ2v) is 5.82. The first-order chi connectivity index (χ1) is 9.72. The molecule has 3 unspecified atom stereocenters. The highest BCUT2D eigenvalue weighted by Gasteiger charge is 2.34. The summed E-state index contributed by atoms with van der Waals surface area (Å²) in [6, 6.07) is 10.9. The molecule has 1 heterocycles. The number of benzene rings is 2. The van der Waals surface area contributed by atoms with Gasteiger partial charge in [0, 0.05) is 17.9 Å². The van der Waals surface area contributed by atoms with Crippen molar-refractivity contribution in [3.05, 3.63) is 47.8 Å². The lowest BCUT2D eigenvalue weighted by Crippen LogP contribution is -2.19. The number of hydrogen-bond acceptors (Lipinski definition) is 1. The molecule has 3 rings (SSSR count). The van der Waals surface area contributed by atoms with Gasteiger partial charge < -0.3 is 4.74 Å². The van der Waals surface area contributed by atoms with E-state index in [9.17, 15) is 4.39 Å². The van der Waals surface area contributed by atoms with Crippen LogP contribution in [-0.2, 0) is 4.74 Å². The number of ether oxygens (including phenoxy) is 1. The Labute approximate surface area is 123 Å². The third-order valence-electron chi connectivity index (χ3n) is 4.24. The first-order valence-corrected chi connectivity index (χ1v) is 7.58. The van der Waals surface area contributed by atoms with Crippen molar-refractivity contribution in [1.29, 1.82) is 0 Å². The molecule has 106 valence electrons. The van der Waals surface area contributed by atoms with E-state index >= 15 is 0 Å². The van der Waals surface area contributed by atoms with Crippen LogP contribution in [-0.4, -0.2) is 12.7 Å². The maximum Gasteiger partial charge on any atom is 0.131 e. The summed E-state index contributed by atoms with van der Waals surface area (Å²) < 4.78 is 19.6. The number of rotatable bonds is 3. The van der Waals surface area contributed by atoms with Gasteiger partial charge in [-0.2, -0.15) is 0 Å². The summed E-state index contributed by atoms with van der Waals surface area (Å²) in [5.41, 5.74) is 1.01. The van der Waals surface area contributed by atoms with Crippen molar-refractivity contribution in [2.24, 2.45) is 5.92 Å². The highest BCUT2D eigenvalue weighted by Crippen LogP contribution is 2.41. The predicted octanol–water partition coefficient (Wildman–Crippen LogP) is 5.07. The zero-order valence-corrected chi connectivity index (χ0v) is 12.2. The molecule has 3 heteroatoms. The average molecular weight is 293 g/mol. The van der Waals surface area contributed by atoms with Crippen molar-refractivity contribution < 1.29 is 9.13 Å². The Hall–Kier alpha value is -1.12. The number of fused-ring (bicyclic) bond motifs is 1. The predicted molar refractivity (Wildman–Crippen MR) is 80.6 cm³/mol. The summed E-state index contributed by atoms with van der Waals surface area (Å²) >= 11 is 6.71. The van der Waals surface area contributed by atoms with Crippen LogP contribution in [0.1, 0.15) is 30.7 Å². The number of alkyl halides is 1. The summed E-state index contributed by atoms with van der Waals surface area (Å²) in [6.45, 7) is 2.89. The monoisotopic (exact) mass is 292 g/mol. The highest BCUT2D eigenvalue weighted by atomic mass is 35.5. The fraction of sp³-hybridized carbons (Fsp3) is 0.412. The molecular formula is C17H18ClFO. The van der Waals surface area contributed by atoms with Crippen LogP contribution in [0, 0.1) is 11.7 Å². The minimum Gasteiger partial charge on any atom is -0.378 e. The lowest BCUT2D eigenvalue weighted by molar-refractivity contribution is 0.0865. The first kappa shape index (κ1) is 13.8. The molecule has 20 heavy (non-hydrogen) atoms. The SMILES string of the molecule is CCC1OCCC1C(Cl)c1ccc(F)c2ccccc12. The van der Waals surface area contributed by atoms with Crippen LogP contribution >= 0.6 is 11.6 Å². The molecule has 0 aromatic heterocycles. The molecule has 0 amide bonds. The van der Waals surface area contributed by atoms with Crippen molar-refractivity contribution in [2.45, 2.75) is 31.2 Å². The van der Waals surface area contributed by atoms with Crippen LogP contribution in [0.25, 0.3) is 10.8 Å². The van der Waals surface area contributed by atoms with Crippen LogP contribution in [0.5, 0.6) is 0 Å². The molecule has 0 spiro atoms. The zero-order valence-electron chi connectivity index (χ0n) is 11.5. The number of halogens is 2. The van der Waals surface area contributed by atoms with Crippen LogP contribution < -0.4 is 0 Å². The van der Waals surface area contributed by atoms with Gasteiger partial charge in [-0.15, -0.1) is 11.6 Å². The lowest BCUT2D eigenvalue weighted by Gasteiger charge is -2.23. The van der Waals surface area contributed by atoms with E-state index in [0.29, 0.717) is 11.3 Å². The van der Waals surface area contributed by atoms with Crippen molar-refractivity contribution in [3.63, 3.8) is 0 Å². The molecular weight excluding hydrogens is 275 g/mol. The fourth-order valence-corrected chi connectivity index (χ4v) is 3.66. The molecule has 1 saturated heterocycles. The molecule has 1 fully saturated rings. The third-order valence-corrected chi connectivity index (χ3v) is 4.80. The maximum atomic E-state index is 13.9. The van der Waals surface area contributed by atoms with E-state index in [1.54, 1.807) is 6.07 Å². The van der Waals surface area contributed by atoms with Gasteiger partial charge in [-0.05, 0) is 29.9 Å². The molecule has 2 aromatic carbocycles. The van der Waals surface area contributed by atoms with E-state index in [2.05, 4.69) is 6.92 Å². The summed E-state index contributed by atoms with van der Waals surface area (Å²) in [5.74, 6) is 0.110. The highest BCUT2D eigenvalue weighted by molar-refractivity contribution is 6.22. The van der Waals surface area contributed by atoms with Crippen LogP contribution in [0.4, 0.5) is 4.39 Å². The Bertz CT molecular complexity index is 613. The molecule has 3 atom stereocenters. The molecule has 0 N–H and O–H groups in total. The van der Waals surface area contributed by atoms with E-state index in [4.69, 9.17) is 16.3 Å². The Balaban J connectivity index is 2.04. The van der Waals surface area contributed by atoms with Gasteiger partial charge in [-0.25, -0.2) is 4.39 Å². The van der Waals surface area contributed by atoms with Gasteiger partial charge in [-0.3, -0.25) is 0 Å². The molecule has 0 aliphatic carbocycles. The molecule has 0 radical (unpaired) electrons. The smallest absolute Gasteiger partial charge is 0.131 e. The summed E-state index contributed by atoms with van der Waals surface area (Å²) in [6.07, 6.45) is 2.15. The standard InChI is InChI=1S/C17H18ClFO/c1-2-16-14(9-10-20-16)17(18)13-7-8-15(19)12-6-4-3-5-11(12)13/h3-8,14,16-17H,2,9-10H2,1H3. The summed E-state index contributed by atoms with van der Waals surface area (Å²) in [7, 11) is 0. The van der Waals surface area contributed by atoms with Gasteiger partial charge in [-0.1, -0.05) is 37.3 Å². The van der Waals surface area contributed by atoms with Gasteiger partial charge >= 0.3 is 0 Å². The minimum atomic E-state index is -0.192. The Morgan fingerprint density at radius 2 is 2.00 bits per heavy atom. The van der Waals surface area contributed by atoms with Gasteiger partial charge in [0.15, 0.2) is 0 Å². The van der Waals surface area contributed by atoms with Gasteiger partial charge in [0.25, 0.3) is 0 Å². The van der Waals surface area contributed by atoms with Crippen molar-refractivity contribution >= 4 is 22.4 Å². The van der Waals surface area contributed by atoms with E-state index < -0.39 is 0 Å². The Kier molecular flexibility index (Phi) is 3.95. The largest absolute Gasteiger partial charge is 0.378 e. The second-order valence-electron chi connectivity index (χ2n) is 5.35. The maximum absolute atomic E-state index is 13.9. The molecule has 1 aliphatic heterocycles. The first-order valence-electron chi connectivity index (χ1n) is 7.15. The van der Waals surface area contributed by atoms with Gasteiger partial charge in [0.05, 0.1) is 11.5 Å². The normalized spacial score (nSPS) is 24.1. The van der Waals surface area contributed by atoms with Crippen molar-refractivity contribution in [1.82, 2.24) is 0 Å². The Morgan fingerprint density at radius 1 is 1.25 bits per heavy atom. The van der Waals surface area contributed by atoms with E-state index in [0.717, 1.165) is 30.4 Å². The molecule has 2 aromatic rings. The molecule has 1 aliphatic rings. The fourth-order valence-electron chi connectivity index (χ4n) is 3.18. The minimum absolute atomic E-state index is 0.132. The average Bonchev–Trinajstić information content (AvgIpc) is 2.96. The topological polar surface area (TPSA) is 9.23 Å². The van der Waals surface area contributed by atoms with E-state index in [1.807, 2.05) is 24.3 Å². The third kappa shape index (κ3) is 2.32. The molecule has 1 nitrogen and oxygen atoms in total. The summed E-state index contributed by atoms with van der Waals surface area (Å²) in [4.78, 5) is 0. The second kappa shape index (κ2) is 5.71. The number of hydrogen-bond donors (Lipinski definition) is 0. The van der Waals surface area contributed by atoms with Crippen molar-refractivity contribution in [2.75, 3.05) is 6.61 Å². The lowest BCUT2D eigenvalue weighted by atomic mass is 9.89. The van der Waals surface area contributed by atoms with Crippen LogP contribution in [0.2, 0.25) is 0 Å². The van der Waals surface area contributed by atoms with Gasteiger partial charge in [0.1, 0.15) is 5.82 Å². The Morgan fingerprint density at radius 3 is 2.75 bits per heavy atom. The van der Waals surface area contributed by atoms with Crippen LogP contribution in [0.15, 0.2) is 36.4 Å². The van der Waals surface area contributed by atoms with E-state index in [1.165, 1.54) is 6.07 Å². The van der Waals surface area contributed by atoms with Gasteiger partial charge in [0.2, 0.25) is 0 Å². The quantitative estimate of drug-likeness (QED) is 0.717. The molecule has 0 bridgehead atoms.